The molecular weight excluding hydrogens is 242 g/mol. The fourth-order valence-corrected chi connectivity index (χ4v) is 1.37. The Labute approximate surface area is 104 Å². The number of carbonyl (C=O) groups is 1. The number of nitrogens with two attached hydrogens (primary N) is 1. The molecule has 0 bridgehead atoms. The second-order valence-electron chi connectivity index (χ2n) is 3.97. The van der Waals surface area contributed by atoms with Crippen LogP contribution in [0.1, 0.15) is 25.5 Å². The lowest BCUT2D eigenvalue weighted by Crippen LogP contribution is -2.39. The first-order valence-electron chi connectivity index (χ1n) is 5.51. The van der Waals surface area contributed by atoms with E-state index in [4.69, 9.17) is 5.73 Å². The number of benzene rings is 1. The van der Waals surface area contributed by atoms with Crippen molar-refractivity contribution < 1.29 is 18.3 Å². The lowest BCUT2D eigenvalue weighted by molar-refractivity contribution is -0.122. The van der Waals surface area contributed by atoms with Crippen LogP contribution in [0.3, 0.4) is 0 Å². The number of rotatable bonds is 5. The van der Waals surface area contributed by atoms with E-state index < -0.39 is 12.7 Å². The number of hydrogen-bond donors (Lipinski definition) is 2. The molecule has 0 fully saturated rings. The molecule has 0 heterocycles. The summed E-state index contributed by atoms with van der Waals surface area (Å²) in [6, 6.07) is 5.25. The second kappa shape index (κ2) is 6.30. The van der Waals surface area contributed by atoms with Gasteiger partial charge in [-0.05, 0) is 31.5 Å². The summed E-state index contributed by atoms with van der Waals surface area (Å²) in [5, 5.41) is 2.70. The highest BCUT2D eigenvalue weighted by molar-refractivity contribution is 5.81. The van der Waals surface area contributed by atoms with Crippen LogP contribution in [0.5, 0.6) is 5.75 Å². The molecule has 18 heavy (non-hydrogen) atoms. The molecule has 1 amide bonds. The highest BCUT2D eigenvalue weighted by Gasteiger charge is 2.13. The van der Waals surface area contributed by atoms with E-state index in [0.29, 0.717) is 0 Å². The monoisotopic (exact) mass is 258 g/mol. The summed E-state index contributed by atoms with van der Waals surface area (Å²) in [4.78, 5) is 11.4. The van der Waals surface area contributed by atoms with E-state index in [2.05, 4.69) is 10.1 Å². The van der Waals surface area contributed by atoms with Gasteiger partial charge in [0.25, 0.3) is 0 Å². The Morgan fingerprint density at radius 1 is 1.28 bits per heavy atom. The summed E-state index contributed by atoms with van der Waals surface area (Å²) >= 11 is 0. The Hall–Kier alpha value is -1.69. The van der Waals surface area contributed by atoms with Crippen molar-refractivity contribution in [2.24, 2.45) is 5.73 Å². The third-order valence-corrected chi connectivity index (χ3v) is 2.38. The Kier molecular flexibility index (Phi) is 5.03. The fourth-order valence-electron chi connectivity index (χ4n) is 1.37. The second-order valence-corrected chi connectivity index (χ2v) is 3.97. The van der Waals surface area contributed by atoms with E-state index in [1.165, 1.54) is 12.1 Å². The molecule has 100 valence electrons. The van der Waals surface area contributed by atoms with Crippen LogP contribution in [0.4, 0.5) is 8.78 Å². The number of hydrogen-bond acceptors (Lipinski definition) is 3. The third-order valence-electron chi connectivity index (χ3n) is 2.38. The third kappa shape index (κ3) is 4.29. The van der Waals surface area contributed by atoms with Gasteiger partial charge in [-0.2, -0.15) is 8.78 Å². The van der Waals surface area contributed by atoms with Crippen molar-refractivity contribution >= 4 is 5.91 Å². The summed E-state index contributed by atoms with van der Waals surface area (Å²) in [7, 11) is 0. The summed E-state index contributed by atoms with van der Waals surface area (Å²) in [6.45, 7) is 0.524. The average Bonchev–Trinajstić information content (AvgIpc) is 2.28. The molecule has 6 heteroatoms. The fraction of sp³-hybridized carbons (Fsp3) is 0.417. The molecule has 1 rings (SSSR count). The lowest BCUT2D eigenvalue weighted by atomic mass is 10.1. The predicted octanol–water partition coefficient (Wildman–Crippen LogP) is 1.81. The smallest absolute Gasteiger partial charge is 0.387 e. The van der Waals surface area contributed by atoms with E-state index in [1.807, 2.05) is 0 Å². The molecule has 0 aliphatic carbocycles. The predicted molar refractivity (Wildman–Crippen MR) is 63.3 cm³/mol. The summed E-state index contributed by atoms with van der Waals surface area (Å²) < 4.78 is 28.1. The van der Waals surface area contributed by atoms with Crippen molar-refractivity contribution in [3.63, 3.8) is 0 Å². The van der Waals surface area contributed by atoms with Crippen LogP contribution in [-0.2, 0) is 4.79 Å². The van der Waals surface area contributed by atoms with Gasteiger partial charge in [-0.15, -0.1) is 0 Å². The van der Waals surface area contributed by atoms with Gasteiger partial charge in [-0.3, -0.25) is 4.79 Å². The summed E-state index contributed by atoms with van der Waals surface area (Å²) in [5.74, 6) is -0.185. The van der Waals surface area contributed by atoms with E-state index >= 15 is 0 Å². The van der Waals surface area contributed by atoms with Crippen molar-refractivity contribution in [2.45, 2.75) is 32.5 Å². The van der Waals surface area contributed by atoms with E-state index in [1.54, 1.807) is 26.0 Å². The number of alkyl halides is 2. The average molecular weight is 258 g/mol. The zero-order chi connectivity index (χ0) is 13.7. The largest absolute Gasteiger partial charge is 0.435 e. The standard InChI is InChI=1S/C12H16F2N2O2/c1-7(15)11(17)16-8(2)9-3-5-10(6-4-9)18-12(13)14/h3-8,12H,15H2,1-2H3,(H,16,17). The van der Waals surface area contributed by atoms with Gasteiger partial charge in [0.1, 0.15) is 5.75 Å². The minimum Gasteiger partial charge on any atom is -0.435 e. The maximum atomic E-state index is 11.9. The molecule has 0 saturated carbocycles. The molecule has 2 unspecified atom stereocenters. The van der Waals surface area contributed by atoms with Crippen LogP contribution < -0.4 is 15.8 Å². The van der Waals surface area contributed by atoms with Crippen LogP contribution in [-0.4, -0.2) is 18.6 Å². The van der Waals surface area contributed by atoms with Gasteiger partial charge in [-0.1, -0.05) is 12.1 Å². The van der Waals surface area contributed by atoms with Gasteiger partial charge in [0.15, 0.2) is 0 Å². The van der Waals surface area contributed by atoms with Gasteiger partial charge in [0, 0.05) is 0 Å². The minimum absolute atomic E-state index is 0.0828. The molecular formula is C12H16F2N2O2. The van der Waals surface area contributed by atoms with Crippen molar-refractivity contribution in [3.05, 3.63) is 29.8 Å². The van der Waals surface area contributed by atoms with Crippen LogP contribution in [0, 0.1) is 0 Å². The molecule has 4 nitrogen and oxygen atoms in total. The number of halogens is 2. The van der Waals surface area contributed by atoms with Gasteiger partial charge >= 0.3 is 6.61 Å². The van der Waals surface area contributed by atoms with Crippen LogP contribution >= 0.6 is 0 Å². The Morgan fingerprint density at radius 3 is 2.28 bits per heavy atom. The number of amides is 1. The number of carbonyl (C=O) groups excluding carboxylic acids is 1. The quantitative estimate of drug-likeness (QED) is 0.846. The maximum absolute atomic E-state index is 11.9. The zero-order valence-electron chi connectivity index (χ0n) is 10.2. The first kappa shape index (κ1) is 14.4. The summed E-state index contributed by atoms with van der Waals surface area (Å²) in [6.07, 6.45) is 0. The van der Waals surface area contributed by atoms with Gasteiger partial charge in [0.05, 0.1) is 12.1 Å². The van der Waals surface area contributed by atoms with Crippen molar-refractivity contribution in [1.82, 2.24) is 5.32 Å². The molecule has 2 atom stereocenters. The lowest BCUT2D eigenvalue weighted by Gasteiger charge is -2.16. The molecule has 0 aliphatic rings. The minimum atomic E-state index is -2.84. The Bertz CT molecular complexity index is 394. The van der Waals surface area contributed by atoms with E-state index in [9.17, 15) is 13.6 Å². The van der Waals surface area contributed by atoms with Crippen molar-refractivity contribution in [1.29, 1.82) is 0 Å². The number of nitrogens with one attached hydrogen (secondary N) is 1. The van der Waals surface area contributed by atoms with E-state index in [-0.39, 0.29) is 17.7 Å². The molecule has 0 radical (unpaired) electrons. The molecule has 1 aromatic rings. The maximum Gasteiger partial charge on any atom is 0.387 e. The first-order chi connectivity index (χ1) is 8.40. The zero-order valence-corrected chi connectivity index (χ0v) is 10.2. The molecule has 1 aromatic carbocycles. The topological polar surface area (TPSA) is 64.4 Å². The van der Waals surface area contributed by atoms with Gasteiger partial charge < -0.3 is 15.8 Å². The normalized spacial score (nSPS) is 14.1. The molecule has 0 aromatic heterocycles. The van der Waals surface area contributed by atoms with Crippen LogP contribution in [0.2, 0.25) is 0 Å². The SMILES string of the molecule is CC(N)C(=O)NC(C)c1ccc(OC(F)F)cc1. The van der Waals surface area contributed by atoms with E-state index in [0.717, 1.165) is 5.56 Å². The Balaban J connectivity index is 2.64. The molecule has 0 spiro atoms. The van der Waals surface area contributed by atoms with Gasteiger partial charge in [0.2, 0.25) is 5.91 Å². The van der Waals surface area contributed by atoms with Crippen molar-refractivity contribution in [3.8, 4) is 5.75 Å². The van der Waals surface area contributed by atoms with Crippen molar-refractivity contribution in [2.75, 3.05) is 0 Å². The first-order valence-corrected chi connectivity index (χ1v) is 5.51. The summed E-state index contributed by atoms with van der Waals surface area (Å²) in [5.41, 5.74) is 6.21. The number of ether oxygens (including phenoxy) is 1. The molecule has 3 N–H and O–H groups in total. The van der Waals surface area contributed by atoms with Crippen LogP contribution in [0.15, 0.2) is 24.3 Å². The van der Waals surface area contributed by atoms with Gasteiger partial charge in [-0.25, -0.2) is 0 Å². The van der Waals surface area contributed by atoms with Crippen LogP contribution in [0.25, 0.3) is 0 Å². The molecule has 0 aliphatic heterocycles. The highest BCUT2D eigenvalue weighted by atomic mass is 19.3. The molecule has 0 saturated heterocycles. The Morgan fingerprint density at radius 2 is 1.83 bits per heavy atom. The highest BCUT2D eigenvalue weighted by Crippen LogP contribution is 2.19.